The number of rotatable bonds is 4. The third-order valence-electron chi connectivity index (χ3n) is 7.25. The van der Waals surface area contributed by atoms with Gasteiger partial charge in [0.05, 0.1) is 5.69 Å². The molecule has 0 saturated heterocycles. The molecule has 0 aliphatic carbocycles. The Hall–Kier alpha value is -5.08. The van der Waals surface area contributed by atoms with E-state index in [0.717, 1.165) is 11.3 Å². The third-order valence-corrected chi connectivity index (χ3v) is 7.25. The van der Waals surface area contributed by atoms with E-state index >= 15 is 0 Å². The van der Waals surface area contributed by atoms with Crippen molar-refractivity contribution in [2.45, 2.75) is 0 Å². The molecule has 0 fully saturated rings. The highest BCUT2D eigenvalue weighted by Gasteiger charge is 2.16. The molecule has 0 aliphatic rings. The van der Waals surface area contributed by atoms with Crippen molar-refractivity contribution in [2.75, 3.05) is 0 Å². The number of nitrogens with zero attached hydrogens (tertiary/aromatic N) is 2. The summed E-state index contributed by atoms with van der Waals surface area (Å²) >= 11 is 0. The summed E-state index contributed by atoms with van der Waals surface area (Å²) in [5, 5.41) is 5.02. The fourth-order valence-electron chi connectivity index (χ4n) is 5.47. The van der Waals surface area contributed by atoms with E-state index in [1.807, 2.05) is 42.9 Å². The summed E-state index contributed by atoms with van der Waals surface area (Å²) in [7, 11) is 0. The largest absolute Gasteiger partial charge is 0.265 e. The first kappa shape index (κ1) is 22.1. The van der Waals surface area contributed by atoms with Gasteiger partial charge >= 0.3 is 0 Å². The van der Waals surface area contributed by atoms with Crippen LogP contribution in [0.25, 0.3) is 66.2 Å². The predicted octanol–water partition coefficient (Wildman–Crippen LogP) is 9.45. The number of hydrogen-bond acceptors (Lipinski definition) is 2. The van der Waals surface area contributed by atoms with Gasteiger partial charge in [-0.2, -0.15) is 0 Å². The van der Waals surface area contributed by atoms with Crippen LogP contribution in [0.3, 0.4) is 0 Å². The monoisotopic (exact) mass is 484 g/mol. The molecule has 0 aliphatic heterocycles. The van der Waals surface area contributed by atoms with E-state index in [4.69, 9.17) is 0 Å². The minimum absolute atomic E-state index is 0.985. The van der Waals surface area contributed by atoms with Crippen LogP contribution >= 0.6 is 0 Å². The summed E-state index contributed by atoms with van der Waals surface area (Å²) in [5.41, 5.74) is 9.42. The SMILES string of the molecule is c1ccc(-c2ccc(-c3c4ccccc4c(-c4ccc(-c5ccncc5)cc4)c4ccccc34)cc2)nc1. The first-order valence-electron chi connectivity index (χ1n) is 12.8. The maximum Gasteiger partial charge on any atom is 0.0701 e. The zero-order valence-corrected chi connectivity index (χ0v) is 20.8. The Kier molecular flexibility index (Phi) is 5.49. The number of benzene rings is 5. The molecule has 0 amide bonds. The van der Waals surface area contributed by atoms with Crippen molar-refractivity contribution < 1.29 is 0 Å². The van der Waals surface area contributed by atoms with Crippen LogP contribution in [0.15, 0.2) is 146 Å². The lowest BCUT2D eigenvalue weighted by Crippen LogP contribution is -1.91. The number of hydrogen-bond donors (Lipinski definition) is 0. The molecule has 2 heterocycles. The second-order valence-electron chi connectivity index (χ2n) is 9.45. The van der Waals surface area contributed by atoms with E-state index in [1.54, 1.807) is 0 Å². The Morgan fingerprint density at radius 3 is 1.21 bits per heavy atom. The lowest BCUT2D eigenvalue weighted by molar-refractivity contribution is 1.33. The van der Waals surface area contributed by atoms with Crippen molar-refractivity contribution >= 4 is 21.5 Å². The van der Waals surface area contributed by atoms with E-state index < -0.39 is 0 Å². The molecule has 0 spiro atoms. The molecule has 2 nitrogen and oxygen atoms in total. The van der Waals surface area contributed by atoms with Crippen molar-refractivity contribution in [3.05, 3.63) is 146 Å². The molecular weight excluding hydrogens is 460 g/mol. The Morgan fingerprint density at radius 1 is 0.316 bits per heavy atom. The fraction of sp³-hybridized carbons (Fsp3) is 0. The molecule has 0 atom stereocenters. The van der Waals surface area contributed by atoms with Gasteiger partial charge in [0.15, 0.2) is 0 Å². The van der Waals surface area contributed by atoms with E-state index in [-0.39, 0.29) is 0 Å². The Balaban J connectivity index is 1.43. The van der Waals surface area contributed by atoms with Gasteiger partial charge in [-0.15, -0.1) is 0 Å². The van der Waals surface area contributed by atoms with Crippen molar-refractivity contribution in [1.29, 1.82) is 0 Å². The van der Waals surface area contributed by atoms with Crippen molar-refractivity contribution in [3.63, 3.8) is 0 Å². The summed E-state index contributed by atoms with van der Waals surface area (Å²) < 4.78 is 0. The summed E-state index contributed by atoms with van der Waals surface area (Å²) in [6, 6.07) is 45.4. The highest BCUT2D eigenvalue weighted by molar-refractivity contribution is 6.21. The molecule has 2 heteroatoms. The molecule has 0 radical (unpaired) electrons. The average Bonchev–Trinajstić information content (AvgIpc) is 3.01. The van der Waals surface area contributed by atoms with Gasteiger partial charge in [-0.25, -0.2) is 0 Å². The van der Waals surface area contributed by atoms with Crippen LogP contribution in [0, 0.1) is 0 Å². The number of pyridine rings is 2. The molecular formula is C36H24N2. The molecule has 0 N–H and O–H groups in total. The molecule has 38 heavy (non-hydrogen) atoms. The summed E-state index contributed by atoms with van der Waals surface area (Å²) in [6.07, 6.45) is 5.52. The van der Waals surface area contributed by atoms with Crippen LogP contribution in [0.4, 0.5) is 0 Å². The summed E-state index contributed by atoms with van der Waals surface area (Å²) in [4.78, 5) is 8.67. The third kappa shape index (κ3) is 3.84. The first-order chi connectivity index (χ1) is 18.9. The normalized spacial score (nSPS) is 11.2. The minimum atomic E-state index is 0.985. The summed E-state index contributed by atoms with van der Waals surface area (Å²) in [6.45, 7) is 0. The fourth-order valence-corrected chi connectivity index (χ4v) is 5.47. The molecule has 0 unspecified atom stereocenters. The van der Waals surface area contributed by atoms with Crippen molar-refractivity contribution in [1.82, 2.24) is 9.97 Å². The lowest BCUT2D eigenvalue weighted by Gasteiger charge is -2.18. The van der Waals surface area contributed by atoms with Crippen LogP contribution in [0.1, 0.15) is 0 Å². The smallest absolute Gasteiger partial charge is 0.0701 e. The van der Waals surface area contributed by atoms with Gasteiger partial charge in [0, 0.05) is 24.2 Å². The molecule has 5 aromatic carbocycles. The van der Waals surface area contributed by atoms with Gasteiger partial charge in [0.25, 0.3) is 0 Å². The van der Waals surface area contributed by atoms with E-state index in [1.165, 1.54) is 54.9 Å². The molecule has 178 valence electrons. The van der Waals surface area contributed by atoms with Gasteiger partial charge in [-0.1, -0.05) is 103 Å². The number of fused-ring (bicyclic) bond motifs is 2. The molecule has 7 rings (SSSR count). The van der Waals surface area contributed by atoms with Crippen molar-refractivity contribution in [3.8, 4) is 44.6 Å². The second-order valence-corrected chi connectivity index (χ2v) is 9.45. The van der Waals surface area contributed by atoms with Gasteiger partial charge in [-0.05, 0) is 79.2 Å². The average molecular weight is 485 g/mol. The number of aromatic nitrogens is 2. The minimum Gasteiger partial charge on any atom is -0.265 e. The Labute approximate surface area is 221 Å². The summed E-state index contributed by atoms with van der Waals surface area (Å²) in [5.74, 6) is 0. The maximum atomic E-state index is 4.52. The van der Waals surface area contributed by atoms with Gasteiger partial charge in [0.1, 0.15) is 0 Å². The molecule has 2 aromatic heterocycles. The van der Waals surface area contributed by atoms with Crippen molar-refractivity contribution in [2.24, 2.45) is 0 Å². The van der Waals surface area contributed by atoms with Crippen LogP contribution in [-0.2, 0) is 0 Å². The first-order valence-corrected chi connectivity index (χ1v) is 12.8. The van der Waals surface area contributed by atoms with E-state index in [2.05, 4.69) is 113 Å². The van der Waals surface area contributed by atoms with Gasteiger partial charge in [0.2, 0.25) is 0 Å². The van der Waals surface area contributed by atoms with Gasteiger partial charge < -0.3 is 0 Å². The van der Waals surface area contributed by atoms with Crippen LogP contribution < -0.4 is 0 Å². The Bertz CT molecular complexity index is 1680. The Morgan fingerprint density at radius 2 is 0.737 bits per heavy atom. The van der Waals surface area contributed by atoms with Crippen LogP contribution in [0.2, 0.25) is 0 Å². The van der Waals surface area contributed by atoms with E-state index in [0.29, 0.717) is 0 Å². The maximum absolute atomic E-state index is 4.52. The standard InChI is InChI=1S/C36H24N2/c1-3-9-32-30(7-1)35(28-16-12-25(13-17-28)26-20-23-37-24-21-26)31-8-2-4-10-33(31)36(32)29-18-14-27(15-19-29)34-11-5-6-22-38-34/h1-24H. The van der Waals surface area contributed by atoms with E-state index in [9.17, 15) is 0 Å². The highest BCUT2D eigenvalue weighted by Crippen LogP contribution is 2.44. The van der Waals surface area contributed by atoms with Crippen LogP contribution in [-0.4, -0.2) is 9.97 Å². The van der Waals surface area contributed by atoms with Gasteiger partial charge in [-0.3, -0.25) is 9.97 Å². The van der Waals surface area contributed by atoms with Crippen LogP contribution in [0.5, 0.6) is 0 Å². The second kappa shape index (κ2) is 9.42. The zero-order valence-electron chi connectivity index (χ0n) is 20.8. The molecule has 0 saturated carbocycles. The zero-order chi connectivity index (χ0) is 25.3. The quantitative estimate of drug-likeness (QED) is 0.233. The highest BCUT2D eigenvalue weighted by atomic mass is 14.7. The predicted molar refractivity (Wildman–Crippen MR) is 159 cm³/mol. The topological polar surface area (TPSA) is 25.8 Å². The molecule has 0 bridgehead atoms. The lowest BCUT2D eigenvalue weighted by atomic mass is 9.85. The molecule has 7 aromatic rings.